The molecule has 2 heterocycles. The Morgan fingerprint density at radius 1 is 1.33 bits per heavy atom. The summed E-state index contributed by atoms with van der Waals surface area (Å²) in [6.45, 7) is 7.69. The number of aromatic nitrogens is 1. The fourth-order valence-corrected chi connectivity index (χ4v) is 5.31. The van der Waals surface area contributed by atoms with Crippen molar-refractivity contribution in [3.8, 4) is 5.75 Å². The van der Waals surface area contributed by atoms with Gasteiger partial charge in [0.1, 0.15) is 17.5 Å². The SMILES string of the molecule is Cc1noc(C)c1S(=O)(=O)Nc1ccc2c(c1)C(=O)N([C@H](C)CO)C[C@@H](C)[C@@H](CN(C)C)O2. The van der Waals surface area contributed by atoms with Gasteiger partial charge in [-0.25, -0.2) is 8.42 Å². The standard InChI is InChI=1S/C22H32N4O6S/c1-13-10-26(14(2)12-27)22(28)18-9-17(7-8-19(18)31-20(13)11-25(5)6)24-33(29,30)21-15(3)23-32-16(21)4/h7-9,13-14,20,24,27H,10-12H2,1-6H3/t13-,14-,20-/m1/s1. The molecule has 1 aromatic carbocycles. The Bertz CT molecular complexity index is 1090. The Hall–Kier alpha value is -2.63. The van der Waals surface area contributed by atoms with Gasteiger partial charge in [-0.3, -0.25) is 9.52 Å². The number of sulfonamides is 1. The number of rotatable bonds is 7. The first-order valence-electron chi connectivity index (χ1n) is 10.8. The second-order valence-electron chi connectivity index (χ2n) is 8.85. The zero-order valence-corrected chi connectivity index (χ0v) is 20.6. The number of hydrogen-bond acceptors (Lipinski definition) is 8. The van der Waals surface area contributed by atoms with Crippen LogP contribution in [-0.2, 0) is 10.0 Å². The molecule has 0 bridgehead atoms. The quantitative estimate of drug-likeness (QED) is 0.615. The number of benzene rings is 1. The molecule has 10 nitrogen and oxygen atoms in total. The zero-order valence-electron chi connectivity index (χ0n) is 19.8. The maximum Gasteiger partial charge on any atom is 0.267 e. The van der Waals surface area contributed by atoms with Gasteiger partial charge in [-0.05, 0) is 53.1 Å². The predicted octanol–water partition coefficient (Wildman–Crippen LogP) is 1.87. The van der Waals surface area contributed by atoms with Crippen LogP contribution in [0.3, 0.4) is 0 Å². The second kappa shape index (κ2) is 9.70. The summed E-state index contributed by atoms with van der Waals surface area (Å²) in [5.74, 6) is 0.222. The third-order valence-electron chi connectivity index (χ3n) is 5.70. The largest absolute Gasteiger partial charge is 0.488 e. The van der Waals surface area contributed by atoms with E-state index in [1.165, 1.54) is 13.0 Å². The van der Waals surface area contributed by atoms with Gasteiger partial charge in [0, 0.05) is 24.7 Å². The molecule has 33 heavy (non-hydrogen) atoms. The molecule has 1 amide bonds. The zero-order chi connectivity index (χ0) is 24.5. The van der Waals surface area contributed by atoms with E-state index in [4.69, 9.17) is 9.26 Å². The second-order valence-corrected chi connectivity index (χ2v) is 10.5. The van der Waals surface area contributed by atoms with Crippen molar-refractivity contribution < 1.29 is 27.6 Å². The smallest absolute Gasteiger partial charge is 0.267 e. The van der Waals surface area contributed by atoms with Crippen molar-refractivity contribution in [1.82, 2.24) is 15.0 Å². The molecule has 0 radical (unpaired) electrons. The van der Waals surface area contributed by atoms with Crippen LogP contribution >= 0.6 is 0 Å². The number of aliphatic hydroxyl groups excluding tert-OH is 1. The number of nitrogens with one attached hydrogen (secondary N) is 1. The number of nitrogens with zero attached hydrogens (tertiary/aromatic N) is 3. The van der Waals surface area contributed by atoms with Crippen molar-refractivity contribution in [3.63, 3.8) is 0 Å². The molecule has 0 saturated heterocycles. The highest BCUT2D eigenvalue weighted by Crippen LogP contribution is 2.32. The topological polar surface area (TPSA) is 125 Å². The van der Waals surface area contributed by atoms with Crippen LogP contribution in [-0.4, -0.2) is 80.3 Å². The number of ether oxygens (including phenoxy) is 1. The number of hydrogen-bond donors (Lipinski definition) is 2. The summed E-state index contributed by atoms with van der Waals surface area (Å²) in [5.41, 5.74) is 0.680. The third kappa shape index (κ3) is 5.31. The maximum atomic E-state index is 13.4. The van der Waals surface area contributed by atoms with Crippen molar-refractivity contribution in [3.05, 3.63) is 35.2 Å². The number of carbonyl (C=O) groups is 1. The van der Waals surface area contributed by atoms with Gasteiger partial charge in [-0.15, -0.1) is 0 Å². The lowest BCUT2D eigenvalue weighted by Crippen LogP contribution is -2.49. The number of aryl methyl sites for hydroxylation is 2. The summed E-state index contributed by atoms with van der Waals surface area (Å²) >= 11 is 0. The van der Waals surface area contributed by atoms with Crippen LogP contribution in [0.15, 0.2) is 27.6 Å². The lowest BCUT2D eigenvalue weighted by molar-refractivity contribution is 0.0363. The van der Waals surface area contributed by atoms with Crippen molar-refractivity contribution in [2.45, 2.75) is 44.7 Å². The summed E-state index contributed by atoms with van der Waals surface area (Å²) in [6.07, 6.45) is -0.204. The first kappa shape index (κ1) is 25.0. The molecule has 182 valence electrons. The van der Waals surface area contributed by atoms with Gasteiger partial charge in [-0.2, -0.15) is 0 Å². The van der Waals surface area contributed by atoms with Crippen LogP contribution < -0.4 is 9.46 Å². The highest BCUT2D eigenvalue weighted by Gasteiger charge is 2.33. The van der Waals surface area contributed by atoms with E-state index in [9.17, 15) is 18.3 Å². The summed E-state index contributed by atoms with van der Waals surface area (Å²) < 4.78 is 39.6. The minimum atomic E-state index is -3.98. The molecule has 1 aliphatic rings. The lowest BCUT2D eigenvalue weighted by Gasteiger charge is -2.37. The Balaban J connectivity index is 2.03. The fraction of sp³-hybridized carbons (Fsp3) is 0.545. The third-order valence-corrected chi connectivity index (χ3v) is 7.32. The highest BCUT2D eigenvalue weighted by molar-refractivity contribution is 7.92. The molecule has 1 aliphatic heterocycles. The van der Waals surface area contributed by atoms with Gasteiger partial charge in [0.05, 0.1) is 18.2 Å². The predicted molar refractivity (Wildman–Crippen MR) is 123 cm³/mol. The molecule has 0 aliphatic carbocycles. The van der Waals surface area contributed by atoms with Crippen LogP contribution in [0.25, 0.3) is 0 Å². The maximum absolute atomic E-state index is 13.4. The number of likely N-dealkylation sites (N-methyl/N-ethyl adjacent to an activating group) is 1. The molecule has 1 aromatic heterocycles. The number of fused-ring (bicyclic) bond motifs is 1. The van der Waals surface area contributed by atoms with Crippen LogP contribution in [0.4, 0.5) is 5.69 Å². The van der Waals surface area contributed by atoms with E-state index < -0.39 is 16.1 Å². The number of aliphatic hydroxyl groups is 1. The number of amides is 1. The molecule has 3 atom stereocenters. The summed E-state index contributed by atoms with van der Waals surface area (Å²) in [5, 5.41) is 13.4. The first-order chi connectivity index (χ1) is 15.4. The molecule has 0 fully saturated rings. The molecule has 0 spiro atoms. The van der Waals surface area contributed by atoms with Crippen LogP contribution in [0.2, 0.25) is 0 Å². The van der Waals surface area contributed by atoms with E-state index >= 15 is 0 Å². The molecule has 0 saturated carbocycles. The van der Waals surface area contributed by atoms with Gasteiger partial charge in [0.25, 0.3) is 15.9 Å². The Morgan fingerprint density at radius 3 is 2.61 bits per heavy atom. The fourth-order valence-electron chi connectivity index (χ4n) is 3.93. The first-order valence-corrected chi connectivity index (χ1v) is 12.3. The Morgan fingerprint density at radius 2 is 2.03 bits per heavy atom. The van der Waals surface area contributed by atoms with E-state index in [1.807, 2.05) is 25.9 Å². The van der Waals surface area contributed by atoms with Crippen LogP contribution in [0.5, 0.6) is 5.75 Å². The van der Waals surface area contributed by atoms with Gasteiger partial charge in [0.2, 0.25) is 0 Å². The number of carbonyl (C=O) groups excluding carboxylic acids is 1. The summed E-state index contributed by atoms with van der Waals surface area (Å²) in [7, 11) is -0.0882. The molecule has 11 heteroatoms. The molecular formula is C22H32N4O6S. The van der Waals surface area contributed by atoms with Crippen molar-refractivity contribution >= 4 is 21.6 Å². The van der Waals surface area contributed by atoms with Gasteiger partial charge in [-0.1, -0.05) is 12.1 Å². The summed E-state index contributed by atoms with van der Waals surface area (Å²) in [4.78, 5) is 17.0. The number of anilines is 1. The summed E-state index contributed by atoms with van der Waals surface area (Å²) in [6, 6.07) is 4.21. The minimum Gasteiger partial charge on any atom is -0.488 e. The van der Waals surface area contributed by atoms with Crippen LogP contribution in [0.1, 0.15) is 35.7 Å². The van der Waals surface area contributed by atoms with Crippen molar-refractivity contribution in [2.75, 3.05) is 38.5 Å². The van der Waals surface area contributed by atoms with Crippen molar-refractivity contribution in [1.29, 1.82) is 0 Å². The van der Waals surface area contributed by atoms with Crippen molar-refractivity contribution in [2.24, 2.45) is 5.92 Å². The van der Waals surface area contributed by atoms with E-state index in [2.05, 4.69) is 9.88 Å². The van der Waals surface area contributed by atoms with Gasteiger partial charge < -0.3 is 24.2 Å². The Labute approximate surface area is 194 Å². The van der Waals surface area contributed by atoms with Crippen LogP contribution in [0, 0.1) is 19.8 Å². The van der Waals surface area contributed by atoms with Gasteiger partial charge in [0.15, 0.2) is 10.7 Å². The van der Waals surface area contributed by atoms with E-state index in [0.717, 1.165) is 0 Å². The molecule has 2 N–H and O–H groups in total. The van der Waals surface area contributed by atoms with E-state index in [-0.39, 0.29) is 52.1 Å². The molecule has 3 rings (SSSR count). The van der Waals surface area contributed by atoms with E-state index in [1.54, 1.807) is 30.9 Å². The highest BCUT2D eigenvalue weighted by atomic mass is 32.2. The normalized spacial score (nSPS) is 20.1. The molecular weight excluding hydrogens is 448 g/mol. The lowest BCUT2D eigenvalue weighted by atomic mass is 9.99. The molecule has 2 aromatic rings. The average molecular weight is 481 g/mol. The molecule has 0 unspecified atom stereocenters. The monoisotopic (exact) mass is 480 g/mol. The van der Waals surface area contributed by atoms with Gasteiger partial charge >= 0.3 is 0 Å². The minimum absolute atomic E-state index is 0.0104. The Kier molecular flexibility index (Phi) is 7.35. The van der Waals surface area contributed by atoms with E-state index in [0.29, 0.717) is 18.8 Å². The average Bonchev–Trinajstić information content (AvgIpc) is 3.08.